The van der Waals surface area contributed by atoms with Crippen LogP contribution >= 0.6 is 23.2 Å². The summed E-state index contributed by atoms with van der Waals surface area (Å²) in [5.74, 6) is 0. The summed E-state index contributed by atoms with van der Waals surface area (Å²) in [7, 11) is 0. The van der Waals surface area contributed by atoms with Crippen LogP contribution in [-0.4, -0.2) is 16.0 Å². The van der Waals surface area contributed by atoms with E-state index in [4.69, 9.17) is 28.3 Å². The first-order chi connectivity index (χ1) is 2.56. The van der Waals surface area contributed by atoms with Gasteiger partial charge in [-0.05, 0) is 6.92 Å². The zero-order chi connectivity index (χ0) is 5.21. The van der Waals surface area contributed by atoms with Gasteiger partial charge in [0.15, 0.2) is 0 Å². The Bertz CT molecular complexity index is 38.5. The summed E-state index contributed by atoms with van der Waals surface area (Å²) in [5, 5.41) is 8.14. The summed E-state index contributed by atoms with van der Waals surface area (Å²) < 4.78 is -0.958. The third-order valence-electron chi connectivity index (χ3n) is 0.278. The quantitative estimate of drug-likeness (QED) is 0.527. The molecule has 0 aliphatic rings. The second-order valence-corrected chi connectivity index (χ2v) is 3.09. The van der Waals surface area contributed by atoms with Crippen molar-refractivity contribution in [1.29, 1.82) is 0 Å². The van der Waals surface area contributed by atoms with Crippen LogP contribution < -0.4 is 0 Å². The van der Waals surface area contributed by atoms with E-state index >= 15 is 0 Å². The van der Waals surface area contributed by atoms with Crippen LogP contribution in [-0.2, 0) is 0 Å². The third kappa shape index (κ3) is 4.54. The van der Waals surface area contributed by atoms with Gasteiger partial charge in [0.1, 0.15) is 4.33 Å². The number of aliphatic hydroxyl groups excluding tert-OH is 1. The average molecular weight is 129 g/mol. The number of hydrogen-bond donors (Lipinski definition) is 1. The molecular formula is C3H6Cl2O. The molecule has 38 valence electrons. The summed E-state index contributed by atoms with van der Waals surface area (Å²) in [4.78, 5) is 0. The van der Waals surface area contributed by atoms with Crippen LogP contribution in [0.15, 0.2) is 0 Å². The molecule has 1 N–H and O–H groups in total. The molecule has 0 amide bonds. The molecule has 0 aliphatic carbocycles. The highest BCUT2D eigenvalue weighted by Crippen LogP contribution is 2.16. The molecule has 0 saturated heterocycles. The molecule has 0 atom stereocenters. The first-order valence-corrected chi connectivity index (χ1v) is 2.30. The van der Waals surface area contributed by atoms with Gasteiger partial charge < -0.3 is 5.11 Å². The summed E-state index contributed by atoms with van der Waals surface area (Å²) in [6.45, 7) is 1.33. The average Bonchev–Trinajstić information content (AvgIpc) is 1.35. The van der Waals surface area contributed by atoms with Crippen molar-refractivity contribution in [3.05, 3.63) is 0 Å². The predicted octanol–water partition coefficient (Wildman–Crippen LogP) is 1.17. The van der Waals surface area contributed by atoms with Gasteiger partial charge in [0.05, 0.1) is 6.61 Å². The van der Waals surface area contributed by atoms with Crippen molar-refractivity contribution < 1.29 is 5.11 Å². The van der Waals surface area contributed by atoms with Crippen LogP contribution in [0.4, 0.5) is 0 Å². The van der Waals surface area contributed by atoms with Crippen LogP contribution in [0.1, 0.15) is 6.92 Å². The third-order valence-corrected chi connectivity index (χ3v) is 0.517. The predicted molar refractivity (Wildman–Crippen MR) is 27.2 cm³/mol. The molecule has 1 nitrogen and oxygen atoms in total. The van der Waals surface area contributed by atoms with Gasteiger partial charge in [-0.25, -0.2) is 0 Å². The van der Waals surface area contributed by atoms with Crippen molar-refractivity contribution in [3.8, 4) is 0 Å². The van der Waals surface area contributed by atoms with Gasteiger partial charge in [-0.15, -0.1) is 0 Å². The van der Waals surface area contributed by atoms with Crippen molar-refractivity contribution in [2.45, 2.75) is 11.3 Å². The van der Waals surface area contributed by atoms with E-state index in [9.17, 15) is 0 Å². The Balaban J connectivity index is 3.17. The van der Waals surface area contributed by atoms with E-state index in [0.29, 0.717) is 0 Å². The van der Waals surface area contributed by atoms with Crippen LogP contribution in [0.3, 0.4) is 0 Å². The second-order valence-electron chi connectivity index (χ2n) is 1.23. The van der Waals surface area contributed by atoms with Crippen molar-refractivity contribution in [2.24, 2.45) is 0 Å². The van der Waals surface area contributed by atoms with E-state index in [1.807, 2.05) is 0 Å². The zero-order valence-electron chi connectivity index (χ0n) is 3.41. The molecule has 0 radical (unpaired) electrons. The summed E-state index contributed by atoms with van der Waals surface area (Å²) in [5.41, 5.74) is 0. The molecule has 3 heteroatoms. The van der Waals surface area contributed by atoms with Crippen LogP contribution in [0.25, 0.3) is 0 Å². The molecule has 0 fully saturated rings. The van der Waals surface area contributed by atoms with E-state index < -0.39 is 4.33 Å². The molecule has 0 spiro atoms. The molecule has 0 aromatic carbocycles. The summed E-state index contributed by atoms with van der Waals surface area (Å²) in [6.07, 6.45) is 0. The smallest absolute Gasteiger partial charge is 0.138 e. The zero-order valence-corrected chi connectivity index (χ0v) is 4.92. The van der Waals surface area contributed by atoms with Gasteiger partial charge in [0.25, 0.3) is 0 Å². The largest absolute Gasteiger partial charge is 0.393 e. The standard InChI is InChI=1S/C3H6Cl2O/c1-3(4,5)2-6/h6H,2H2,1H3. The van der Waals surface area contributed by atoms with Crippen molar-refractivity contribution >= 4 is 23.2 Å². The monoisotopic (exact) mass is 128 g/mol. The van der Waals surface area contributed by atoms with Gasteiger partial charge in [0, 0.05) is 0 Å². The van der Waals surface area contributed by atoms with Crippen molar-refractivity contribution in [2.75, 3.05) is 6.61 Å². The molecule has 0 rings (SSSR count). The number of rotatable bonds is 1. The van der Waals surface area contributed by atoms with Crippen LogP contribution in [0, 0.1) is 0 Å². The number of halogens is 2. The Labute approximate surface area is 46.9 Å². The molecular weight excluding hydrogens is 123 g/mol. The number of hydrogen-bond acceptors (Lipinski definition) is 1. The van der Waals surface area contributed by atoms with E-state index in [-0.39, 0.29) is 6.61 Å². The maximum absolute atomic E-state index is 8.14. The Kier molecular flexibility index (Phi) is 2.19. The molecule has 0 saturated carbocycles. The first kappa shape index (κ1) is 6.54. The van der Waals surface area contributed by atoms with E-state index in [0.717, 1.165) is 0 Å². The number of aliphatic hydroxyl groups is 1. The molecule has 0 bridgehead atoms. The maximum Gasteiger partial charge on any atom is 0.138 e. The van der Waals surface area contributed by atoms with Crippen molar-refractivity contribution in [3.63, 3.8) is 0 Å². The maximum atomic E-state index is 8.14. The first-order valence-electron chi connectivity index (χ1n) is 1.55. The lowest BCUT2D eigenvalue weighted by Crippen LogP contribution is -2.10. The van der Waals surface area contributed by atoms with Gasteiger partial charge in [0.2, 0.25) is 0 Å². The summed E-state index contributed by atoms with van der Waals surface area (Å²) >= 11 is 10.5. The minimum absolute atomic E-state index is 0.198. The highest BCUT2D eigenvalue weighted by molar-refractivity contribution is 6.48. The summed E-state index contributed by atoms with van der Waals surface area (Å²) in [6, 6.07) is 0. The highest BCUT2D eigenvalue weighted by atomic mass is 35.5. The van der Waals surface area contributed by atoms with E-state index in [1.54, 1.807) is 0 Å². The van der Waals surface area contributed by atoms with E-state index in [1.165, 1.54) is 6.92 Å². The van der Waals surface area contributed by atoms with Gasteiger partial charge >= 0.3 is 0 Å². The fourth-order valence-electron chi connectivity index (χ4n) is 0. The number of alkyl halides is 2. The second kappa shape index (κ2) is 2.01. The van der Waals surface area contributed by atoms with Crippen LogP contribution in [0.2, 0.25) is 0 Å². The minimum Gasteiger partial charge on any atom is -0.393 e. The molecule has 0 aromatic heterocycles. The van der Waals surface area contributed by atoms with Crippen molar-refractivity contribution in [1.82, 2.24) is 0 Å². The lowest BCUT2D eigenvalue weighted by molar-refractivity contribution is 0.285. The highest BCUT2D eigenvalue weighted by Gasteiger charge is 2.12. The minimum atomic E-state index is -0.958. The lowest BCUT2D eigenvalue weighted by atomic mass is 10.5. The Hall–Kier alpha value is 0.540. The molecule has 0 aromatic rings. The van der Waals surface area contributed by atoms with E-state index in [2.05, 4.69) is 0 Å². The molecule has 6 heavy (non-hydrogen) atoms. The fraction of sp³-hybridized carbons (Fsp3) is 1.00. The fourth-order valence-corrected chi connectivity index (χ4v) is 0. The lowest BCUT2D eigenvalue weighted by Gasteiger charge is -2.04. The van der Waals surface area contributed by atoms with Crippen LogP contribution in [0.5, 0.6) is 0 Å². The Morgan fingerprint density at radius 1 is 1.67 bits per heavy atom. The SMILES string of the molecule is CC(Cl)(Cl)CO. The van der Waals surface area contributed by atoms with Gasteiger partial charge in [-0.2, -0.15) is 0 Å². The molecule has 0 unspecified atom stereocenters. The Morgan fingerprint density at radius 3 is 1.83 bits per heavy atom. The van der Waals surface area contributed by atoms with Gasteiger partial charge in [-0.3, -0.25) is 0 Å². The topological polar surface area (TPSA) is 20.2 Å². The molecule has 0 aliphatic heterocycles. The van der Waals surface area contributed by atoms with Gasteiger partial charge in [-0.1, -0.05) is 23.2 Å². The normalized spacial score (nSPS) is 12.0. The molecule has 0 heterocycles. The Morgan fingerprint density at radius 2 is 1.83 bits per heavy atom.